The molecular weight excluding hydrogens is 242 g/mol. The van der Waals surface area contributed by atoms with Gasteiger partial charge in [-0.05, 0) is 24.7 Å². The van der Waals surface area contributed by atoms with Crippen LogP contribution >= 0.6 is 0 Å². The fourth-order valence-electron chi connectivity index (χ4n) is 2.68. The average Bonchev–Trinajstić information content (AvgIpc) is 2.92. The highest BCUT2D eigenvalue weighted by atomic mass is 16.3. The van der Waals surface area contributed by atoms with Gasteiger partial charge >= 0.3 is 0 Å². The Morgan fingerprint density at radius 3 is 2.74 bits per heavy atom. The highest BCUT2D eigenvalue weighted by Gasteiger charge is 2.26. The quantitative estimate of drug-likeness (QED) is 0.455. The molecule has 0 aliphatic heterocycles. The molecule has 0 radical (unpaired) electrons. The third-order valence-electron chi connectivity index (χ3n) is 3.83. The van der Waals surface area contributed by atoms with E-state index in [1.165, 1.54) is 12.8 Å². The number of nitrogens with one attached hydrogen (secondary N) is 2. The summed E-state index contributed by atoms with van der Waals surface area (Å²) < 4.78 is 0. The zero-order valence-electron chi connectivity index (χ0n) is 11.4. The molecule has 0 aromatic carbocycles. The van der Waals surface area contributed by atoms with Gasteiger partial charge in [0.15, 0.2) is 0 Å². The fraction of sp³-hybridized carbons (Fsp3) is 0.692. The minimum Gasteiger partial charge on any atom is -0.396 e. The lowest BCUT2D eigenvalue weighted by Gasteiger charge is -2.18. The molecule has 19 heavy (non-hydrogen) atoms. The molecule has 0 saturated heterocycles. The van der Waals surface area contributed by atoms with Crippen LogP contribution in [0.1, 0.15) is 32.0 Å². The molecule has 1 aliphatic carbocycles. The van der Waals surface area contributed by atoms with Crippen LogP contribution in [0, 0.1) is 11.8 Å². The normalized spacial score (nSPS) is 22.5. The second-order valence-electron chi connectivity index (χ2n) is 5.07. The summed E-state index contributed by atoms with van der Waals surface area (Å²) in [6, 6.07) is 1.81. The van der Waals surface area contributed by atoms with Crippen molar-refractivity contribution in [1.29, 1.82) is 0 Å². The van der Waals surface area contributed by atoms with E-state index < -0.39 is 0 Å². The standard InChI is InChI=1S/C13H23N5O/c1-2-11-16-12(6-13(17-11)18-14)15-7-9-4-3-5-10(9)8-19/h6,9-10,19H,2-5,7-8,14H2,1H3,(H2,15,16,17,18). The minimum atomic E-state index is 0.284. The number of hydrazine groups is 1. The first kappa shape index (κ1) is 14.0. The lowest BCUT2D eigenvalue weighted by atomic mass is 9.97. The van der Waals surface area contributed by atoms with Gasteiger partial charge in [-0.25, -0.2) is 15.8 Å². The SMILES string of the molecule is CCc1nc(NN)cc(NCC2CCCC2CO)n1. The largest absolute Gasteiger partial charge is 0.396 e. The number of aromatic nitrogens is 2. The molecule has 106 valence electrons. The van der Waals surface area contributed by atoms with E-state index in [-0.39, 0.29) is 6.61 Å². The summed E-state index contributed by atoms with van der Waals surface area (Å²) in [7, 11) is 0. The van der Waals surface area contributed by atoms with Crippen LogP contribution in [0.5, 0.6) is 0 Å². The molecular formula is C13H23N5O. The van der Waals surface area contributed by atoms with Crippen molar-refractivity contribution in [3.63, 3.8) is 0 Å². The van der Waals surface area contributed by atoms with Crippen molar-refractivity contribution in [1.82, 2.24) is 9.97 Å². The van der Waals surface area contributed by atoms with Gasteiger partial charge in [-0.3, -0.25) is 0 Å². The van der Waals surface area contributed by atoms with Gasteiger partial charge in [0.2, 0.25) is 0 Å². The molecule has 6 nitrogen and oxygen atoms in total. The molecule has 0 spiro atoms. The van der Waals surface area contributed by atoms with E-state index in [1.807, 2.05) is 13.0 Å². The summed E-state index contributed by atoms with van der Waals surface area (Å²) in [5.74, 6) is 8.54. The van der Waals surface area contributed by atoms with Crippen LogP contribution in [0.4, 0.5) is 11.6 Å². The van der Waals surface area contributed by atoms with Crippen LogP contribution in [0.25, 0.3) is 0 Å². The molecule has 1 aromatic heterocycles. The zero-order valence-corrected chi connectivity index (χ0v) is 11.4. The Balaban J connectivity index is 1.98. The number of nitrogens with two attached hydrogens (primary N) is 1. The molecule has 0 amide bonds. The zero-order chi connectivity index (χ0) is 13.7. The highest BCUT2D eigenvalue weighted by molar-refractivity contribution is 5.46. The monoisotopic (exact) mass is 265 g/mol. The predicted molar refractivity (Wildman–Crippen MR) is 75.6 cm³/mol. The predicted octanol–water partition coefficient (Wildman–Crippen LogP) is 1.15. The smallest absolute Gasteiger partial charge is 0.145 e. The molecule has 0 bridgehead atoms. The molecule has 2 rings (SSSR count). The van der Waals surface area contributed by atoms with Gasteiger partial charge in [0.05, 0.1) is 0 Å². The first-order valence-corrected chi connectivity index (χ1v) is 6.96. The maximum absolute atomic E-state index is 9.32. The van der Waals surface area contributed by atoms with Crippen molar-refractivity contribution >= 4 is 11.6 Å². The number of nitrogen functional groups attached to an aromatic ring is 1. The number of aliphatic hydroxyl groups excluding tert-OH is 1. The third-order valence-corrected chi connectivity index (χ3v) is 3.83. The maximum atomic E-state index is 9.32. The molecule has 1 aromatic rings. The summed E-state index contributed by atoms with van der Waals surface area (Å²) in [6.45, 7) is 3.14. The highest BCUT2D eigenvalue weighted by Crippen LogP contribution is 2.31. The first-order chi connectivity index (χ1) is 9.26. The summed E-state index contributed by atoms with van der Waals surface area (Å²) in [5, 5.41) is 12.7. The van der Waals surface area contributed by atoms with Gasteiger partial charge in [-0.1, -0.05) is 13.3 Å². The minimum absolute atomic E-state index is 0.284. The summed E-state index contributed by atoms with van der Waals surface area (Å²) >= 11 is 0. The summed E-state index contributed by atoms with van der Waals surface area (Å²) in [6.07, 6.45) is 4.28. The van der Waals surface area contributed by atoms with Gasteiger partial charge in [0, 0.05) is 25.6 Å². The van der Waals surface area contributed by atoms with E-state index in [4.69, 9.17) is 5.84 Å². The van der Waals surface area contributed by atoms with Crippen molar-refractivity contribution < 1.29 is 5.11 Å². The summed E-state index contributed by atoms with van der Waals surface area (Å²) in [4.78, 5) is 8.69. The fourth-order valence-corrected chi connectivity index (χ4v) is 2.68. The molecule has 1 fully saturated rings. The Hall–Kier alpha value is -1.40. The molecule has 1 saturated carbocycles. The molecule has 5 N–H and O–H groups in total. The van der Waals surface area contributed by atoms with Crippen molar-refractivity contribution in [2.75, 3.05) is 23.9 Å². The number of nitrogens with zero attached hydrogens (tertiary/aromatic N) is 2. The van der Waals surface area contributed by atoms with Crippen molar-refractivity contribution in [3.05, 3.63) is 11.9 Å². The first-order valence-electron chi connectivity index (χ1n) is 6.96. The van der Waals surface area contributed by atoms with Crippen LogP contribution < -0.4 is 16.6 Å². The Morgan fingerprint density at radius 1 is 1.32 bits per heavy atom. The van der Waals surface area contributed by atoms with Gasteiger partial charge in [0.25, 0.3) is 0 Å². The molecule has 1 heterocycles. The number of anilines is 2. The van der Waals surface area contributed by atoms with Crippen molar-refractivity contribution in [2.24, 2.45) is 17.7 Å². The van der Waals surface area contributed by atoms with E-state index in [2.05, 4.69) is 20.7 Å². The van der Waals surface area contributed by atoms with Gasteiger partial charge in [0.1, 0.15) is 17.5 Å². The van der Waals surface area contributed by atoms with Crippen molar-refractivity contribution in [3.8, 4) is 0 Å². The van der Waals surface area contributed by atoms with Crippen LogP contribution in [0.15, 0.2) is 6.07 Å². The number of aryl methyl sites for hydroxylation is 1. The van der Waals surface area contributed by atoms with E-state index in [0.29, 0.717) is 17.7 Å². The van der Waals surface area contributed by atoms with Crippen LogP contribution in [-0.2, 0) is 6.42 Å². The molecule has 2 atom stereocenters. The second kappa shape index (κ2) is 6.68. The number of aliphatic hydroxyl groups is 1. The Kier molecular flexibility index (Phi) is 4.93. The van der Waals surface area contributed by atoms with E-state index >= 15 is 0 Å². The number of hydrogen-bond donors (Lipinski definition) is 4. The lowest BCUT2D eigenvalue weighted by molar-refractivity contribution is 0.199. The maximum Gasteiger partial charge on any atom is 0.145 e. The topological polar surface area (TPSA) is 96.1 Å². The Labute approximate surface area is 113 Å². The second-order valence-corrected chi connectivity index (χ2v) is 5.07. The molecule has 6 heteroatoms. The van der Waals surface area contributed by atoms with Gasteiger partial charge in [-0.15, -0.1) is 0 Å². The molecule has 2 unspecified atom stereocenters. The third kappa shape index (κ3) is 3.54. The lowest BCUT2D eigenvalue weighted by Crippen LogP contribution is -2.21. The van der Waals surface area contributed by atoms with Crippen molar-refractivity contribution in [2.45, 2.75) is 32.6 Å². The Bertz CT molecular complexity index is 390. The Morgan fingerprint density at radius 2 is 2.05 bits per heavy atom. The van der Waals surface area contributed by atoms with Gasteiger partial charge in [-0.2, -0.15) is 0 Å². The van der Waals surface area contributed by atoms with Gasteiger partial charge < -0.3 is 15.8 Å². The van der Waals surface area contributed by atoms with E-state index in [9.17, 15) is 5.11 Å². The van der Waals surface area contributed by atoms with Crippen LogP contribution in [0.2, 0.25) is 0 Å². The summed E-state index contributed by atoms with van der Waals surface area (Å²) in [5.41, 5.74) is 2.56. The molecule has 1 aliphatic rings. The average molecular weight is 265 g/mol. The number of rotatable bonds is 6. The van der Waals surface area contributed by atoms with Crippen LogP contribution in [0.3, 0.4) is 0 Å². The number of hydrogen-bond acceptors (Lipinski definition) is 6. The van der Waals surface area contributed by atoms with Crippen LogP contribution in [-0.4, -0.2) is 28.2 Å². The van der Waals surface area contributed by atoms with E-state index in [1.54, 1.807) is 0 Å². The van der Waals surface area contributed by atoms with E-state index in [0.717, 1.165) is 31.0 Å².